The summed E-state index contributed by atoms with van der Waals surface area (Å²) in [5.74, 6) is 0.488. The fraction of sp³-hybridized carbons (Fsp3) is 0.312. The van der Waals surface area contributed by atoms with Gasteiger partial charge in [0.05, 0.1) is 11.3 Å². The molecule has 134 valence electrons. The van der Waals surface area contributed by atoms with Gasteiger partial charge in [-0.05, 0) is 30.2 Å². The smallest absolute Gasteiger partial charge is 0.209 e. The molecule has 0 aliphatic heterocycles. The van der Waals surface area contributed by atoms with Crippen molar-refractivity contribution in [2.24, 2.45) is 5.14 Å². The molecule has 1 heterocycles. The molecule has 25 heavy (non-hydrogen) atoms. The van der Waals surface area contributed by atoms with Crippen LogP contribution in [0.4, 0.5) is 5.82 Å². The van der Waals surface area contributed by atoms with Crippen molar-refractivity contribution in [2.75, 3.05) is 17.3 Å². The number of nitrogens with one attached hydrogen (secondary N) is 1. The summed E-state index contributed by atoms with van der Waals surface area (Å²) in [6, 6.07) is 7.81. The number of rotatable bonds is 9. The Morgan fingerprint density at radius 3 is 2.52 bits per heavy atom. The van der Waals surface area contributed by atoms with Gasteiger partial charge in [-0.15, -0.1) is 0 Å². The van der Waals surface area contributed by atoms with Gasteiger partial charge in [0, 0.05) is 12.7 Å². The van der Waals surface area contributed by atoms with Gasteiger partial charge in [0.15, 0.2) is 11.4 Å². The number of nitrogens with zero attached hydrogens (tertiary/aromatic N) is 2. The zero-order chi connectivity index (χ0) is 18.3. The summed E-state index contributed by atoms with van der Waals surface area (Å²) in [5.41, 5.74) is 2.49. The minimum atomic E-state index is -3.41. The molecule has 0 unspecified atom stereocenters. The molecule has 0 aliphatic rings. The van der Waals surface area contributed by atoms with Gasteiger partial charge in [-0.2, -0.15) is 0 Å². The quantitative estimate of drug-likeness (QED) is 0.387. The minimum Gasteiger partial charge on any atom is -0.365 e. The molecule has 0 atom stereocenters. The molecule has 0 bridgehead atoms. The molecule has 1 aromatic carbocycles. The van der Waals surface area contributed by atoms with Crippen LogP contribution in [0.1, 0.15) is 27.9 Å². The zero-order valence-corrected chi connectivity index (χ0v) is 15.4. The number of carbonyl (C=O) groups is 1. The van der Waals surface area contributed by atoms with Gasteiger partial charge in [-0.1, -0.05) is 36.0 Å². The Morgan fingerprint density at radius 1 is 1.24 bits per heavy atom. The lowest BCUT2D eigenvalue weighted by atomic mass is 10.1. The standard InChI is InChI=1S/C16H20N4O3S2/c1-24-16-19-10-14(11-21)15(20-16)18-9-13-6-4-12(5-7-13)3-2-8-25(17,22)23/h4-7,10-11H,2-3,8-9H2,1H3,(H2,17,22,23)(H,18,19,20). The van der Waals surface area contributed by atoms with Crippen LogP contribution < -0.4 is 10.5 Å². The SMILES string of the molecule is CSc1ncc(C=O)c(NCc2ccc(CCCS(N)(=O)=O)cc2)n1. The fourth-order valence-corrected chi connectivity index (χ4v) is 3.08. The number of carbonyl (C=O) groups excluding carboxylic acids is 1. The first-order valence-corrected chi connectivity index (χ1v) is 10.5. The summed E-state index contributed by atoms with van der Waals surface area (Å²) >= 11 is 1.41. The fourth-order valence-electron chi connectivity index (χ4n) is 2.19. The van der Waals surface area contributed by atoms with Crippen LogP contribution in [0.2, 0.25) is 0 Å². The number of anilines is 1. The lowest BCUT2D eigenvalue weighted by Gasteiger charge is -2.09. The lowest BCUT2D eigenvalue weighted by molar-refractivity contribution is 0.112. The molecule has 2 rings (SSSR count). The third-order valence-electron chi connectivity index (χ3n) is 3.48. The number of aryl methyl sites for hydroxylation is 1. The van der Waals surface area contributed by atoms with Gasteiger partial charge >= 0.3 is 0 Å². The highest BCUT2D eigenvalue weighted by molar-refractivity contribution is 7.98. The van der Waals surface area contributed by atoms with E-state index >= 15 is 0 Å². The molecule has 3 N–H and O–H groups in total. The Hall–Kier alpha value is -1.97. The minimum absolute atomic E-state index is 0.0176. The summed E-state index contributed by atoms with van der Waals surface area (Å²) in [5, 5.41) is 8.73. The molecular weight excluding hydrogens is 360 g/mol. The van der Waals surface area contributed by atoms with Crippen molar-refractivity contribution in [3.63, 3.8) is 0 Å². The zero-order valence-electron chi connectivity index (χ0n) is 13.8. The second-order valence-corrected chi connectivity index (χ2v) is 7.93. The monoisotopic (exact) mass is 380 g/mol. The van der Waals surface area contributed by atoms with Crippen LogP contribution in [0.15, 0.2) is 35.6 Å². The molecular formula is C16H20N4O3S2. The van der Waals surface area contributed by atoms with E-state index in [4.69, 9.17) is 5.14 Å². The third kappa shape index (κ3) is 6.45. The number of hydrogen-bond donors (Lipinski definition) is 2. The maximum absolute atomic E-state index is 11.1. The first-order chi connectivity index (χ1) is 11.9. The summed E-state index contributed by atoms with van der Waals surface area (Å²) in [7, 11) is -3.41. The molecule has 0 saturated heterocycles. The number of nitrogens with two attached hydrogens (primary N) is 1. The van der Waals surface area contributed by atoms with E-state index in [1.165, 1.54) is 18.0 Å². The largest absolute Gasteiger partial charge is 0.365 e. The summed E-state index contributed by atoms with van der Waals surface area (Å²) < 4.78 is 21.9. The number of sulfonamides is 1. The van der Waals surface area contributed by atoms with Crippen LogP contribution in [0.25, 0.3) is 0 Å². The Kier molecular flexibility index (Phi) is 6.91. The molecule has 0 fully saturated rings. The second kappa shape index (κ2) is 8.93. The van der Waals surface area contributed by atoms with Crippen molar-refractivity contribution >= 4 is 33.9 Å². The van der Waals surface area contributed by atoms with E-state index in [1.807, 2.05) is 30.5 Å². The van der Waals surface area contributed by atoms with Gasteiger partial charge < -0.3 is 5.32 Å². The summed E-state index contributed by atoms with van der Waals surface area (Å²) in [6.07, 6.45) is 5.25. The van der Waals surface area contributed by atoms with Crippen molar-refractivity contribution in [1.29, 1.82) is 0 Å². The van der Waals surface area contributed by atoms with Crippen molar-refractivity contribution in [3.8, 4) is 0 Å². The molecule has 7 nitrogen and oxygen atoms in total. The number of aldehydes is 1. The Bertz CT molecular complexity index is 824. The highest BCUT2D eigenvalue weighted by atomic mass is 32.2. The van der Waals surface area contributed by atoms with E-state index in [0.29, 0.717) is 35.9 Å². The van der Waals surface area contributed by atoms with Crippen LogP contribution >= 0.6 is 11.8 Å². The van der Waals surface area contributed by atoms with E-state index in [9.17, 15) is 13.2 Å². The van der Waals surface area contributed by atoms with Crippen molar-refractivity contribution in [3.05, 3.63) is 47.2 Å². The summed E-state index contributed by atoms with van der Waals surface area (Å²) in [4.78, 5) is 19.4. The first kappa shape index (κ1) is 19.4. The first-order valence-electron chi connectivity index (χ1n) is 7.59. The molecule has 0 spiro atoms. The highest BCUT2D eigenvalue weighted by Gasteiger charge is 2.06. The number of benzene rings is 1. The second-order valence-electron chi connectivity index (χ2n) is 5.42. The number of hydrogen-bond acceptors (Lipinski definition) is 7. The topological polar surface area (TPSA) is 115 Å². The number of primary sulfonamides is 1. The van der Waals surface area contributed by atoms with Gasteiger partial charge in [-0.25, -0.2) is 23.5 Å². The number of aromatic nitrogens is 2. The van der Waals surface area contributed by atoms with E-state index in [0.717, 1.165) is 17.4 Å². The molecule has 0 saturated carbocycles. The van der Waals surface area contributed by atoms with Crippen LogP contribution in [-0.4, -0.2) is 36.7 Å². The van der Waals surface area contributed by atoms with E-state index in [-0.39, 0.29) is 5.75 Å². The average molecular weight is 380 g/mol. The average Bonchev–Trinajstić information content (AvgIpc) is 2.59. The molecule has 2 aromatic rings. The van der Waals surface area contributed by atoms with E-state index < -0.39 is 10.0 Å². The van der Waals surface area contributed by atoms with Crippen molar-refractivity contribution in [1.82, 2.24) is 9.97 Å². The van der Waals surface area contributed by atoms with Crippen LogP contribution in [0.3, 0.4) is 0 Å². The van der Waals surface area contributed by atoms with Gasteiger partial charge in [0.1, 0.15) is 5.82 Å². The van der Waals surface area contributed by atoms with E-state index in [1.54, 1.807) is 0 Å². The van der Waals surface area contributed by atoms with Crippen molar-refractivity contribution < 1.29 is 13.2 Å². The maximum Gasteiger partial charge on any atom is 0.209 e. The number of thioether (sulfide) groups is 1. The van der Waals surface area contributed by atoms with Gasteiger partial charge in [0.25, 0.3) is 0 Å². The maximum atomic E-state index is 11.1. The van der Waals surface area contributed by atoms with Crippen molar-refractivity contribution in [2.45, 2.75) is 24.5 Å². The molecule has 0 aliphatic carbocycles. The van der Waals surface area contributed by atoms with Gasteiger partial charge in [-0.3, -0.25) is 4.79 Å². The Morgan fingerprint density at radius 2 is 1.92 bits per heavy atom. The predicted octanol–water partition coefficient (Wildman–Crippen LogP) is 1.84. The van der Waals surface area contributed by atoms with Crippen LogP contribution in [-0.2, 0) is 23.0 Å². The predicted molar refractivity (Wildman–Crippen MR) is 99.3 cm³/mol. The van der Waals surface area contributed by atoms with Crippen LogP contribution in [0.5, 0.6) is 0 Å². The summed E-state index contributed by atoms with van der Waals surface area (Å²) in [6.45, 7) is 0.517. The molecule has 9 heteroatoms. The normalized spacial score (nSPS) is 11.3. The van der Waals surface area contributed by atoms with E-state index in [2.05, 4.69) is 15.3 Å². The van der Waals surface area contributed by atoms with Crippen LogP contribution in [0, 0.1) is 0 Å². The highest BCUT2D eigenvalue weighted by Crippen LogP contribution is 2.16. The molecule has 0 amide bonds. The Balaban J connectivity index is 1.94. The molecule has 0 radical (unpaired) electrons. The molecule has 1 aromatic heterocycles. The van der Waals surface area contributed by atoms with Gasteiger partial charge in [0.2, 0.25) is 10.0 Å². The lowest BCUT2D eigenvalue weighted by Crippen LogP contribution is -2.16. The third-order valence-corrected chi connectivity index (χ3v) is 4.90. The Labute approximate surface area is 151 Å².